The largest absolute Gasteiger partial charge is 0.480 e. The minimum atomic E-state index is -1.45. The first-order chi connectivity index (χ1) is 36.3. The quantitative estimate of drug-likeness (QED) is 0.0629. The maximum Gasteiger partial charge on any atom is 0.326 e. The molecule has 7 amide bonds. The van der Waals surface area contributed by atoms with E-state index >= 15 is 0 Å². The summed E-state index contributed by atoms with van der Waals surface area (Å²) in [7, 11) is 0. The third kappa shape index (κ3) is 16.5. The highest BCUT2D eigenvalue weighted by molar-refractivity contribution is 7.09. The summed E-state index contributed by atoms with van der Waals surface area (Å²) in [5.41, 5.74) is 10.3. The Bertz CT molecular complexity index is 2890. The summed E-state index contributed by atoms with van der Waals surface area (Å²) in [6, 6.07) is 36.3. The van der Waals surface area contributed by atoms with Crippen molar-refractivity contribution in [2.45, 2.75) is 87.6 Å². The Morgan fingerprint density at radius 2 is 1.15 bits per heavy atom. The summed E-state index contributed by atoms with van der Waals surface area (Å²) < 4.78 is 0. The SMILES string of the molecule is NCCCC(=O)N[C@H]1CC(=O)Nc2ccc(cc2)C[C@@H](C(=O)N[C@@H](Cc2ccccc2)C(=O)O)NC(=O)[C@@H](Cc2ccccc2)NC(=O)[C@H](Cc2ccc(-c3ccccc3)cc2)NC(=O)[C@@H](Cc2cccs2)NC1=O. The summed E-state index contributed by atoms with van der Waals surface area (Å²) in [5, 5.41) is 31.3. The maximum absolute atomic E-state index is 14.9. The van der Waals surface area contributed by atoms with Crippen LogP contribution in [0.25, 0.3) is 11.1 Å². The molecule has 0 fully saturated rings. The number of thiophene rings is 1. The number of fused-ring (bicyclic) bond motifs is 18. The van der Waals surface area contributed by atoms with Crippen molar-refractivity contribution in [1.82, 2.24) is 31.9 Å². The minimum absolute atomic E-state index is 0.0295. The highest BCUT2D eigenvalue weighted by Crippen LogP contribution is 2.21. The van der Waals surface area contributed by atoms with Gasteiger partial charge >= 0.3 is 5.97 Å². The van der Waals surface area contributed by atoms with Gasteiger partial charge in [-0.2, -0.15) is 0 Å². The smallest absolute Gasteiger partial charge is 0.326 e. The highest BCUT2D eigenvalue weighted by Gasteiger charge is 2.35. The molecule has 0 spiro atoms. The number of amides is 7. The van der Waals surface area contributed by atoms with Crippen LogP contribution in [0.2, 0.25) is 0 Å². The van der Waals surface area contributed by atoms with E-state index in [4.69, 9.17) is 5.73 Å². The van der Waals surface area contributed by atoms with Gasteiger partial charge in [-0.15, -0.1) is 11.3 Å². The van der Waals surface area contributed by atoms with E-state index in [2.05, 4.69) is 37.2 Å². The van der Waals surface area contributed by atoms with Gasteiger partial charge in [0.1, 0.15) is 36.3 Å². The molecule has 0 aliphatic carbocycles. The molecule has 2 bridgehead atoms. The van der Waals surface area contributed by atoms with E-state index in [1.807, 2.05) is 54.6 Å². The summed E-state index contributed by atoms with van der Waals surface area (Å²) in [6.07, 6.45) is -0.640. The topological polar surface area (TPSA) is 267 Å². The number of carbonyl (C=O) groups is 8. The number of nitrogens with two attached hydrogens (primary N) is 1. The number of nitrogens with one attached hydrogen (secondary N) is 7. The first-order valence-corrected chi connectivity index (χ1v) is 25.6. The summed E-state index contributed by atoms with van der Waals surface area (Å²) in [6.45, 7) is 0.204. The van der Waals surface area contributed by atoms with E-state index in [0.29, 0.717) is 39.2 Å². The number of carbonyl (C=O) groups excluding carboxylic acids is 7. The average molecular weight is 1030 g/mol. The predicted octanol–water partition coefficient (Wildman–Crippen LogP) is 4.00. The van der Waals surface area contributed by atoms with E-state index in [1.54, 1.807) is 102 Å². The van der Waals surface area contributed by atoms with Crippen LogP contribution in [0.3, 0.4) is 0 Å². The summed E-state index contributed by atoms with van der Waals surface area (Å²) >= 11 is 1.33. The fraction of sp³-hybridized carbons (Fsp3) is 0.263. The molecule has 0 saturated carbocycles. The molecule has 18 heteroatoms. The van der Waals surface area contributed by atoms with Gasteiger partial charge in [0.25, 0.3) is 0 Å². The molecule has 388 valence electrons. The second-order valence-corrected chi connectivity index (χ2v) is 19.3. The van der Waals surface area contributed by atoms with E-state index in [-0.39, 0.29) is 45.1 Å². The van der Waals surface area contributed by atoms with Gasteiger partial charge in [0, 0.05) is 49.1 Å². The molecule has 3 heterocycles. The third-order valence-corrected chi connectivity index (χ3v) is 13.4. The Morgan fingerprint density at radius 3 is 1.73 bits per heavy atom. The molecular weight excluding hydrogens is 973 g/mol. The van der Waals surface area contributed by atoms with Gasteiger partial charge in [-0.25, -0.2) is 4.79 Å². The normalized spacial score (nSPS) is 19.2. The lowest BCUT2D eigenvalue weighted by molar-refractivity contribution is -0.142. The van der Waals surface area contributed by atoms with Crippen molar-refractivity contribution in [2.24, 2.45) is 5.73 Å². The number of carboxylic acids is 1. The second-order valence-electron chi connectivity index (χ2n) is 18.2. The molecule has 75 heavy (non-hydrogen) atoms. The molecule has 0 unspecified atom stereocenters. The fourth-order valence-corrected chi connectivity index (χ4v) is 9.28. The second kappa shape index (κ2) is 27.0. The minimum Gasteiger partial charge on any atom is -0.480 e. The van der Waals surface area contributed by atoms with E-state index in [9.17, 15) is 43.5 Å². The third-order valence-electron chi connectivity index (χ3n) is 12.5. The van der Waals surface area contributed by atoms with Crippen molar-refractivity contribution < 1.29 is 43.5 Å². The summed E-state index contributed by atoms with van der Waals surface area (Å²) in [5.74, 6) is -6.48. The number of carboxylic acid groups (broad SMARTS) is 1. The van der Waals surface area contributed by atoms with Crippen LogP contribution in [-0.2, 0) is 70.5 Å². The lowest BCUT2D eigenvalue weighted by atomic mass is 9.98. The monoisotopic (exact) mass is 1030 g/mol. The van der Waals surface area contributed by atoms with Crippen LogP contribution in [0, 0.1) is 0 Å². The van der Waals surface area contributed by atoms with Gasteiger partial charge in [-0.1, -0.05) is 133 Å². The van der Waals surface area contributed by atoms with Crippen LogP contribution in [0.1, 0.15) is 46.4 Å². The van der Waals surface area contributed by atoms with Crippen molar-refractivity contribution in [3.63, 3.8) is 0 Å². The van der Waals surface area contributed by atoms with Crippen LogP contribution < -0.4 is 43.0 Å². The van der Waals surface area contributed by atoms with Gasteiger partial charge in [0.2, 0.25) is 41.4 Å². The van der Waals surface area contributed by atoms with E-state index in [1.165, 1.54) is 11.3 Å². The zero-order valence-electron chi connectivity index (χ0n) is 41.0. The molecule has 0 saturated heterocycles. The Kier molecular flexibility index (Phi) is 19.5. The average Bonchev–Trinajstić information content (AvgIpc) is 3.93. The van der Waals surface area contributed by atoms with Gasteiger partial charge in [-0.3, -0.25) is 33.6 Å². The molecule has 1 aromatic heterocycles. The molecular formula is C57H60N8O9S. The molecule has 2 aliphatic rings. The number of benzene rings is 5. The van der Waals surface area contributed by atoms with E-state index in [0.717, 1.165) is 11.1 Å². The van der Waals surface area contributed by atoms with Crippen molar-refractivity contribution in [3.05, 3.63) is 184 Å². The standard InChI is InChI=1S/C57H60N8O9S/c58-28-10-19-50(66)60-48-35-51(67)59-42-26-22-39(23-27-42)32-46(54(70)65-49(57(73)74)33-37-14-6-2-7-15-37)62-52(68)44(30-36-12-4-1-5-13-36)61-53(69)45(31-38-20-24-41(25-21-38)40-16-8-3-9-17-40)63-55(71)47(64-56(48)72)34-43-18-11-29-75-43/h1-9,11-18,20-27,29,44-49H,10,19,28,30-35,58H2,(H,59,67)(H,60,66)(H,61,69)(H,62,68)(H,63,71)(H,64,72)(H,65,70)(H,73,74)/t44-,45+,46+,47-,48+,49+/m1/s1. The van der Waals surface area contributed by atoms with Crippen LogP contribution >= 0.6 is 11.3 Å². The van der Waals surface area contributed by atoms with Crippen molar-refractivity contribution in [3.8, 4) is 11.1 Å². The molecule has 6 atom stereocenters. The zero-order valence-corrected chi connectivity index (χ0v) is 41.9. The maximum atomic E-state index is 14.9. The Balaban J connectivity index is 1.27. The Morgan fingerprint density at radius 1 is 0.600 bits per heavy atom. The van der Waals surface area contributed by atoms with Gasteiger partial charge < -0.3 is 48.1 Å². The first-order valence-electron chi connectivity index (χ1n) is 24.7. The number of rotatable bonds is 16. The molecule has 17 nitrogen and oxygen atoms in total. The molecule has 10 N–H and O–H groups in total. The van der Waals surface area contributed by atoms with Gasteiger partial charge in [0.05, 0.1) is 6.42 Å². The number of hydrogen-bond acceptors (Lipinski definition) is 10. The molecule has 8 rings (SSSR count). The predicted molar refractivity (Wildman–Crippen MR) is 285 cm³/mol. The van der Waals surface area contributed by atoms with Gasteiger partial charge in [-0.05, 0) is 69.9 Å². The van der Waals surface area contributed by atoms with E-state index < -0.39 is 90.0 Å². The zero-order chi connectivity index (χ0) is 53.1. The van der Waals surface area contributed by atoms with Crippen LogP contribution in [0.5, 0.6) is 0 Å². The number of anilines is 1. The Hall–Kier alpha value is -8.48. The lowest BCUT2D eigenvalue weighted by Crippen LogP contribution is -2.60. The number of hydrogen-bond donors (Lipinski definition) is 9. The molecule has 2 aliphatic heterocycles. The molecule has 5 aromatic carbocycles. The van der Waals surface area contributed by atoms with Crippen molar-refractivity contribution in [2.75, 3.05) is 11.9 Å². The van der Waals surface area contributed by atoms with Crippen LogP contribution in [0.15, 0.2) is 157 Å². The molecule has 6 aromatic rings. The number of aliphatic carboxylic acids is 1. The first kappa shape index (κ1) is 54.3. The molecule has 0 radical (unpaired) electrons. The van der Waals surface area contributed by atoms with Crippen molar-refractivity contribution in [1.29, 1.82) is 0 Å². The Labute approximate surface area is 438 Å². The van der Waals surface area contributed by atoms with Crippen LogP contribution in [-0.4, -0.2) is 95.2 Å². The highest BCUT2D eigenvalue weighted by atomic mass is 32.1. The fourth-order valence-electron chi connectivity index (χ4n) is 8.52. The van der Waals surface area contributed by atoms with Gasteiger partial charge in [0.15, 0.2) is 0 Å². The van der Waals surface area contributed by atoms with Crippen molar-refractivity contribution >= 4 is 64.3 Å². The van der Waals surface area contributed by atoms with Crippen LogP contribution in [0.4, 0.5) is 5.69 Å². The lowest BCUT2D eigenvalue weighted by Gasteiger charge is -2.28. The summed E-state index contributed by atoms with van der Waals surface area (Å²) in [4.78, 5) is 113.